The number of hydrogen-bond donors (Lipinski definition) is 0. The van der Waals surface area contributed by atoms with Crippen LogP contribution in [-0.4, -0.2) is 23.3 Å². The minimum atomic E-state index is -0.272. The predicted octanol–water partition coefficient (Wildman–Crippen LogP) is 0.256. The molecule has 0 heterocycles. The number of benzene rings is 1. The molecule has 0 saturated carbocycles. The molecule has 0 spiro atoms. The number of esters is 1. The molecule has 0 atom stereocenters. The van der Waals surface area contributed by atoms with E-state index < -0.39 is 0 Å². The molecule has 1 aromatic rings. The maximum absolute atomic E-state index is 11.6. The molecule has 0 bridgehead atoms. The summed E-state index contributed by atoms with van der Waals surface area (Å²) in [5, 5.41) is 1.06. The Kier molecular flexibility index (Phi) is 3.91. The Hall–Kier alpha value is -1.53. The van der Waals surface area contributed by atoms with Crippen LogP contribution in [0, 0.1) is 26.2 Å². The fourth-order valence-corrected chi connectivity index (χ4v) is 2.70. The van der Waals surface area contributed by atoms with Crippen molar-refractivity contribution in [1.82, 2.24) is 0 Å². The molecule has 0 aromatic heterocycles. The third-order valence-electron chi connectivity index (χ3n) is 2.95. The Morgan fingerprint density at radius 1 is 1.56 bits per heavy atom. The summed E-state index contributed by atoms with van der Waals surface area (Å²) in [6.07, 6.45) is 5.94. The maximum Gasteiger partial charge on any atom is 0.337 e. The molecular formula is C13H16O2Si. The average Bonchev–Trinajstić information content (AvgIpc) is 2.28. The van der Waals surface area contributed by atoms with E-state index in [1.54, 1.807) is 0 Å². The molecule has 0 aliphatic carbocycles. The van der Waals surface area contributed by atoms with E-state index in [2.05, 4.69) is 5.92 Å². The van der Waals surface area contributed by atoms with Crippen LogP contribution in [-0.2, 0) is 11.2 Å². The summed E-state index contributed by atoms with van der Waals surface area (Å²) in [5.41, 5.74) is 4.07. The van der Waals surface area contributed by atoms with Crippen LogP contribution in [0.1, 0.15) is 27.0 Å². The van der Waals surface area contributed by atoms with Crippen molar-refractivity contribution < 1.29 is 9.53 Å². The van der Waals surface area contributed by atoms with Gasteiger partial charge in [-0.2, -0.15) is 0 Å². The highest BCUT2D eigenvalue weighted by atomic mass is 28.1. The molecule has 0 saturated heterocycles. The van der Waals surface area contributed by atoms with E-state index in [9.17, 15) is 4.79 Å². The van der Waals surface area contributed by atoms with E-state index in [0.717, 1.165) is 26.6 Å². The number of hydrogen-bond acceptors (Lipinski definition) is 2. The highest BCUT2D eigenvalue weighted by molar-refractivity contribution is 6.37. The highest BCUT2D eigenvalue weighted by Crippen LogP contribution is 2.15. The van der Waals surface area contributed by atoms with Gasteiger partial charge in [0.1, 0.15) is 0 Å². The lowest BCUT2D eigenvalue weighted by Gasteiger charge is -2.14. The molecule has 84 valence electrons. The van der Waals surface area contributed by atoms with Gasteiger partial charge in [-0.25, -0.2) is 4.79 Å². The van der Waals surface area contributed by atoms with Gasteiger partial charge in [-0.1, -0.05) is 5.19 Å². The normalized spacial score (nSPS) is 9.88. The Balaban J connectivity index is 3.45. The minimum absolute atomic E-state index is 0.272. The summed E-state index contributed by atoms with van der Waals surface area (Å²) in [6.45, 7) is 4.03. The second-order valence-electron chi connectivity index (χ2n) is 3.84. The molecule has 3 heteroatoms. The van der Waals surface area contributed by atoms with Crippen LogP contribution >= 0.6 is 0 Å². The first-order valence-corrected chi connectivity index (χ1v) is 6.14. The van der Waals surface area contributed by atoms with Crippen LogP contribution in [0.5, 0.6) is 0 Å². The van der Waals surface area contributed by atoms with E-state index in [0.29, 0.717) is 12.0 Å². The minimum Gasteiger partial charge on any atom is -0.465 e. The third kappa shape index (κ3) is 2.17. The molecule has 0 unspecified atom stereocenters. The molecular weight excluding hydrogens is 216 g/mol. The van der Waals surface area contributed by atoms with Crippen molar-refractivity contribution in [2.45, 2.75) is 20.3 Å². The van der Waals surface area contributed by atoms with Crippen LogP contribution in [0.2, 0.25) is 0 Å². The van der Waals surface area contributed by atoms with Gasteiger partial charge in [0.05, 0.1) is 12.7 Å². The first kappa shape index (κ1) is 12.5. The fraction of sp³-hybridized carbons (Fsp3) is 0.308. The first-order valence-electron chi connectivity index (χ1n) is 5.14. The molecule has 1 rings (SSSR count). The second kappa shape index (κ2) is 5.00. The van der Waals surface area contributed by atoms with Crippen molar-refractivity contribution in [3.8, 4) is 12.3 Å². The summed E-state index contributed by atoms with van der Waals surface area (Å²) in [4.78, 5) is 11.6. The third-order valence-corrected chi connectivity index (χ3v) is 4.09. The molecule has 0 radical (unpaired) electrons. The van der Waals surface area contributed by atoms with Crippen molar-refractivity contribution >= 4 is 21.4 Å². The number of aryl methyl sites for hydroxylation is 1. The van der Waals surface area contributed by atoms with Gasteiger partial charge in [0, 0.05) is 16.7 Å². The quantitative estimate of drug-likeness (QED) is 0.415. The molecule has 0 amide bonds. The zero-order valence-electron chi connectivity index (χ0n) is 10.2. The van der Waals surface area contributed by atoms with Crippen LogP contribution in [0.15, 0.2) is 6.07 Å². The maximum atomic E-state index is 11.6. The molecule has 16 heavy (non-hydrogen) atoms. The van der Waals surface area contributed by atoms with E-state index in [1.807, 2.05) is 19.9 Å². The Bertz CT molecular complexity index is 470. The van der Waals surface area contributed by atoms with Crippen LogP contribution in [0.4, 0.5) is 0 Å². The number of carbonyl (C=O) groups excluding carboxylic acids is 1. The standard InChI is InChI=1S/C13H16O2Si/c1-5-6-10-9(3)8(2)7-11(12(10)16)13(14)15-4/h1,7H,6H2,2-4,16H3. The molecule has 0 aliphatic rings. The SMILES string of the molecule is C#CCc1c(C)c(C)cc(C(=O)OC)c1[SiH3]. The smallest absolute Gasteiger partial charge is 0.337 e. The zero-order chi connectivity index (χ0) is 12.3. The van der Waals surface area contributed by atoms with Gasteiger partial charge < -0.3 is 4.74 Å². The highest BCUT2D eigenvalue weighted by Gasteiger charge is 2.15. The number of terminal acetylenes is 1. The van der Waals surface area contributed by atoms with Crippen LogP contribution < -0.4 is 5.19 Å². The number of carbonyl (C=O) groups is 1. The largest absolute Gasteiger partial charge is 0.465 e. The summed E-state index contributed by atoms with van der Waals surface area (Å²) < 4.78 is 4.78. The molecule has 0 fully saturated rings. The van der Waals surface area contributed by atoms with Crippen LogP contribution in [0.25, 0.3) is 0 Å². The number of ether oxygens (including phenoxy) is 1. The Morgan fingerprint density at radius 3 is 2.69 bits per heavy atom. The van der Waals surface area contributed by atoms with E-state index >= 15 is 0 Å². The van der Waals surface area contributed by atoms with Crippen molar-refractivity contribution in [2.75, 3.05) is 7.11 Å². The molecule has 0 N–H and O–H groups in total. The van der Waals surface area contributed by atoms with Gasteiger partial charge in [-0.05, 0) is 36.6 Å². The van der Waals surface area contributed by atoms with Gasteiger partial charge in [0.2, 0.25) is 0 Å². The summed E-state index contributed by atoms with van der Waals surface area (Å²) >= 11 is 0. The Morgan fingerprint density at radius 2 is 2.19 bits per heavy atom. The van der Waals surface area contributed by atoms with Gasteiger partial charge in [-0.3, -0.25) is 0 Å². The van der Waals surface area contributed by atoms with E-state index in [-0.39, 0.29) is 5.97 Å². The molecule has 1 aromatic carbocycles. The van der Waals surface area contributed by atoms with E-state index in [1.165, 1.54) is 12.7 Å². The van der Waals surface area contributed by atoms with Gasteiger partial charge in [0.15, 0.2) is 0 Å². The molecule has 2 nitrogen and oxygen atoms in total. The van der Waals surface area contributed by atoms with Crippen molar-refractivity contribution in [1.29, 1.82) is 0 Å². The number of methoxy groups -OCH3 is 1. The lowest BCUT2D eigenvalue weighted by Crippen LogP contribution is -2.23. The summed E-state index contributed by atoms with van der Waals surface area (Å²) in [5.74, 6) is 2.38. The lowest BCUT2D eigenvalue weighted by atomic mass is 9.97. The summed E-state index contributed by atoms with van der Waals surface area (Å²) in [6, 6.07) is 1.89. The van der Waals surface area contributed by atoms with Gasteiger partial charge >= 0.3 is 5.97 Å². The number of rotatable bonds is 2. The predicted molar refractivity (Wildman–Crippen MR) is 69.4 cm³/mol. The fourth-order valence-electron chi connectivity index (χ4n) is 1.80. The van der Waals surface area contributed by atoms with Crippen LogP contribution in [0.3, 0.4) is 0 Å². The van der Waals surface area contributed by atoms with Crippen molar-refractivity contribution in [3.05, 3.63) is 28.3 Å². The van der Waals surface area contributed by atoms with Crippen molar-refractivity contribution in [3.63, 3.8) is 0 Å². The lowest BCUT2D eigenvalue weighted by molar-refractivity contribution is 0.0602. The van der Waals surface area contributed by atoms with Gasteiger partial charge in [0.25, 0.3) is 0 Å². The van der Waals surface area contributed by atoms with Gasteiger partial charge in [-0.15, -0.1) is 12.3 Å². The molecule has 0 aliphatic heterocycles. The van der Waals surface area contributed by atoms with Crippen molar-refractivity contribution in [2.24, 2.45) is 0 Å². The topological polar surface area (TPSA) is 26.3 Å². The Labute approximate surface area is 99.4 Å². The average molecular weight is 232 g/mol. The van der Waals surface area contributed by atoms with E-state index in [4.69, 9.17) is 11.2 Å². The summed E-state index contributed by atoms with van der Waals surface area (Å²) in [7, 11) is 2.20. The second-order valence-corrected chi connectivity index (χ2v) is 4.84. The zero-order valence-corrected chi connectivity index (χ0v) is 12.2. The first-order chi connectivity index (χ1) is 7.52. The monoisotopic (exact) mass is 232 g/mol.